The van der Waals surface area contributed by atoms with Crippen molar-refractivity contribution in [3.05, 3.63) is 58.3 Å². The summed E-state index contributed by atoms with van der Waals surface area (Å²) in [6.45, 7) is 4.52. The van der Waals surface area contributed by atoms with Crippen LogP contribution in [0.4, 0.5) is 0 Å². The Morgan fingerprint density at radius 3 is 2.47 bits per heavy atom. The lowest BCUT2D eigenvalue weighted by atomic mass is 10.2. The Labute approximate surface area is 106 Å². The summed E-state index contributed by atoms with van der Waals surface area (Å²) in [6, 6.07) is 9.90. The van der Waals surface area contributed by atoms with Crippen molar-refractivity contribution in [2.45, 2.75) is 20.4 Å². The fourth-order valence-corrected chi connectivity index (χ4v) is 2.04. The van der Waals surface area contributed by atoms with Gasteiger partial charge in [0.2, 0.25) is 0 Å². The molecule has 1 heterocycles. The highest BCUT2D eigenvalue weighted by Gasteiger charge is 2.27. The first-order valence-electron chi connectivity index (χ1n) is 5.50. The standard InChI is InChI=1S/C14H14ClNO/c1-10(2)13-8-12(15)14(17)16(13)9-11-6-4-3-5-7-11/h3-8H,9H2,1-2H3. The van der Waals surface area contributed by atoms with Gasteiger partial charge in [0.15, 0.2) is 0 Å². The Bertz CT molecular complexity index is 498. The molecule has 1 amide bonds. The highest BCUT2D eigenvalue weighted by atomic mass is 35.5. The van der Waals surface area contributed by atoms with Crippen molar-refractivity contribution >= 4 is 17.5 Å². The summed E-state index contributed by atoms with van der Waals surface area (Å²) in [5, 5.41) is 0.289. The molecular formula is C14H14ClNO. The number of hydrogen-bond acceptors (Lipinski definition) is 1. The maximum atomic E-state index is 11.9. The smallest absolute Gasteiger partial charge is 0.270 e. The van der Waals surface area contributed by atoms with Crippen molar-refractivity contribution in [3.8, 4) is 0 Å². The highest BCUT2D eigenvalue weighted by Crippen LogP contribution is 2.28. The summed E-state index contributed by atoms with van der Waals surface area (Å²) >= 11 is 5.90. The van der Waals surface area contributed by atoms with Gasteiger partial charge in [0, 0.05) is 5.70 Å². The lowest BCUT2D eigenvalue weighted by Crippen LogP contribution is -2.25. The molecule has 0 spiro atoms. The molecule has 17 heavy (non-hydrogen) atoms. The van der Waals surface area contributed by atoms with E-state index in [0.717, 1.165) is 16.8 Å². The van der Waals surface area contributed by atoms with Crippen molar-refractivity contribution in [1.29, 1.82) is 0 Å². The lowest BCUT2D eigenvalue weighted by molar-refractivity contribution is -0.124. The van der Waals surface area contributed by atoms with Crippen LogP contribution >= 0.6 is 11.6 Å². The van der Waals surface area contributed by atoms with Crippen molar-refractivity contribution in [2.75, 3.05) is 0 Å². The zero-order chi connectivity index (χ0) is 12.4. The molecule has 1 aliphatic heterocycles. The van der Waals surface area contributed by atoms with Crippen molar-refractivity contribution in [1.82, 2.24) is 4.90 Å². The fourth-order valence-electron chi connectivity index (χ4n) is 1.84. The van der Waals surface area contributed by atoms with Crippen LogP contribution in [0.25, 0.3) is 0 Å². The van der Waals surface area contributed by atoms with Crippen LogP contribution in [-0.4, -0.2) is 10.8 Å². The average molecular weight is 248 g/mol. The Morgan fingerprint density at radius 2 is 1.88 bits per heavy atom. The van der Waals surface area contributed by atoms with E-state index in [1.807, 2.05) is 44.2 Å². The van der Waals surface area contributed by atoms with Gasteiger partial charge in [0.25, 0.3) is 5.91 Å². The topological polar surface area (TPSA) is 20.3 Å². The van der Waals surface area contributed by atoms with E-state index in [4.69, 9.17) is 11.6 Å². The van der Waals surface area contributed by atoms with Gasteiger partial charge in [-0.3, -0.25) is 4.79 Å². The molecule has 0 atom stereocenters. The second-order valence-electron chi connectivity index (χ2n) is 4.25. The second kappa shape index (κ2) is 4.76. The lowest BCUT2D eigenvalue weighted by Gasteiger charge is -2.19. The molecule has 88 valence electrons. The van der Waals surface area contributed by atoms with Crippen molar-refractivity contribution < 1.29 is 4.79 Å². The van der Waals surface area contributed by atoms with Crippen LogP contribution in [0.3, 0.4) is 0 Å². The largest absolute Gasteiger partial charge is 0.303 e. The maximum Gasteiger partial charge on any atom is 0.270 e. The van der Waals surface area contributed by atoms with E-state index in [1.54, 1.807) is 11.0 Å². The number of allylic oxidation sites excluding steroid dienone is 2. The maximum absolute atomic E-state index is 11.9. The average Bonchev–Trinajstić information content (AvgIpc) is 2.59. The first-order valence-corrected chi connectivity index (χ1v) is 5.88. The van der Waals surface area contributed by atoms with E-state index in [2.05, 4.69) is 0 Å². The molecule has 0 fully saturated rings. The number of carbonyl (C=O) groups is 1. The van der Waals surface area contributed by atoms with Gasteiger partial charge in [0.05, 0.1) is 6.54 Å². The van der Waals surface area contributed by atoms with Gasteiger partial charge in [-0.05, 0) is 25.5 Å². The SMILES string of the molecule is CC(C)=C1C=C(Cl)C(=O)N1Cc1ccccc1. The van der Waals surface area contributed by atoms with Gasteiger partial charge < -0.3 is 4.90 Å². The summed E-state index contributed by atoms with van der Waals surface area (Å²) < 4.78 is 0. The summed E-state index contributed by atoms with van der Waals surface area (Å²) in [5.74, 6) is -0.119. The third kappa shape index (κ3) is 2.42. The van der Waals surface area contributed by atoms with Crippen molar-refractivity contribution in [2.24, 2.45) is 0 Å². The molecule has 3 heteroatoms. The normalized spacial score (nSPS) is 15.2. The molecule has 0 saturated heterocycles. The predicted octanol–water partition coefficient (Wildman–Crippen LogP) is 3.45. The quantitative estimate of drug-likeness (QED) is 0.784. The van der Waals surface area contributed by atoms with Crippen LogP contribution in [0.15, 0.2) is 52.7 Å². The van der Waals surface area contributed by atoms with E-state index < -0.39 is 0 Å². The van der Waals surface area contributed by atoms with E-state index in [-0.39, 0.29) is 10.9 Å². The Balaban J connectivity index is 2.28. The van der Waals surface area contributed by atoms with Gasteiger partial charge >= 0.3 is 0 Å². The summed E-state index contributed by atoms with van der Waals surface area (Å²) in [4.78, 5) is 13.6. The number of benzene rings is 1. The fraction of sp³-hybridized carbons (Fsp3) is 0.214. The number of hydrogen-bond donors (Lipinski definition) is 0. The molecule has 1 aromatic rings. The number of carbonyl (C=O) groups excluding carboxylic acids is 1. The Morgan fingerprint density at radius 1 is 1.24 bits per heavy atom. The molecule has 1 aromatic carbocycles. The van der Waals surface area contributed by atoms with Gasteiger partial charge in [-0.2, -0.15) is 0 Å². The molecule has 0 N–H and O–H groups in total. The van der Waals surface area contributed by atoms with Crippen LogP contribution < -0.4 is 0 Å². The molecule has 0 aromatic heterocycles. The summed E-state index contributed by atoms with van der Waals surface area (Å²) in [7, 11) is 0. The highest BCUT2D eigenvalue weighted by molar-refractivity contribution is 6.43. The first-order chi connectivity index (χ1) is 8.09. The molecule has 2 rings (SSSR count). The molecule has 0 radical (unpaired) electrons. The first kappa shape index (κ1) is 11.9. The molecule has 1 aliphatic rings. The van der Waals surface area contributed by atoms with Gasteiger partial charge in [-0.15, -0.1) is 0 Å². The number of rotatable bonds is 2. The molecule has 0 unspecified atom stereocenters. The molecule has 0 bridgehead atoms. The monoisotopic (exact) mass is 247 g/mol. The van der Waals surface area contributed by atoms with Crippen LogP contribution in [0.1, 0.15) is 19.4 Å². The molecule has 0 saturated carbocycles. The van der Waals surface area contributed by atoms with Crippen molar-refractivity contribution in [3.63, 3.8) is 0 Å². The number of halogens is 1. The molecular weight excluding hydrogens is 234 g/mol. The zero-order valence-electron chi connectivity index (χ0n) is 9.90. The third-order valence-corrected chi connectivity index (χ3v) is 2.97. The van der Waals surface area contributed by atoms with E-state index >= 15 is 0 Å². The summed E-state index contributed by atoms with van der Waals surface area (Å²) in [6.07, 6.45) is 1.74. The van der Waals surface area contributed by atoms with Gasteiger partial charge in [0.1, 0.15) is 5.03 Å². The number of amides is 1. The van der Waals surface area contributed by atoms with E-state index in [9.17, 15) is 4.79 Å². The third-order valence-electron chi connectivity index (χ3n) is 2.70. The summed E-state index contributed by atoms with van der Waals surface area (Å²) in [5.41, 5.74) is 3.09. The second-order valence-corrected chi connectivity index (χ2v) is 4.66. The predicted molar refractivity (Wildman–Crippen MR) is 69.3 cm³/mol. The minimum atomic E-state index is -0.119. The zero-order valence-corrected chi connectivity index (χ0v) is 10.7. The number of nitrogens with zero attached hydrogens (tertiary/aromatic N) is 1. The minimum absolute atomic E-state index is 0.119. The van der Waals surface area contributed by atoms with E-state index in [1.165, 1.54) is 0 Å². The van der Waals surface area contributed by atoms with Crippen LogP contribution in [-0.2, 0) is 11.3 Å². The Hall–Kier alpha value is -1.54. The van der Waals surface area contributed by atoms with E-state index in [0.29, 0.717) is 6.54 Å². The molecule has 2 nitrogen and oxygen atoms in total. The van der Waals surface area contributed by atoms with Crippen LogP contribution in [0.5, 0.6) is 0 Å². The molecule has 0 aliphatic carbocycles. The van der Waals surface area contributed by atoms with Gasteiger partial charge in [-0.25, -0.2) is 0 Å². The van der Waals surface area contributed by atoms with Crippen LogP contribution in [0, 0.1) is 0 Å². The minimum Gasteiger partial charge on any atom is -0.303 e. The van der Waals surface area contributed by atoms with Gasteiger partial charge in [-0.1, -0.05) is 47.5 Å². The Kier molecular flexibility index (Phi) is 3.34. The van der Waals surface area contributed by atoms with Crippen LogP contribution in [0.2, 0.25) is 0 Å².